The predicted molar refractivity (Wildman–Crippen MR) is 79.9 cm³/mol. The van der Waals surface area contributed by atoms with E-state index in [0.29, 0.717) is 19.8 Å². The van der Waals surface area contributed by atoms with E-state index in [0.717, 1.165) is 11.3 Å². The molecule has 1 aliphatic rings. The van der Waals surface area contributed by atoms with Crippen molar-refractivity contribution in [2.75, 3.05) is 26.4 Å². The summed E-state index contributed by atoms with van der Waals surface area (Å²) in [6.45, 7) is 3.68. The Kier molecular flexibility index (Phi) is 5.77. The summed E-state index contributed by atoms with van der Waals surface area (Å²) in [4.78, 5) is 24.9. The van der Waals surface area contributed by atoms with Gasteiger partial charge in [0.15, 0.2) is 0 Å². The SMILES string of the molecule is CCOc1ccc(CC(=O)N2CCOC[C@@H]2CC(=O)O)cc1. The minimum atomic E-state index is -0.922. The number of benzene rings is 1. The molecular formula is C16H21NO5. The summed E-state index contributed by atoms with van der Waals surface area (Å²) in [7, 11) is 0. The van der Waals surface area contributed by atoms with E-state index in [1.807, 2.05) is 31.2 Å². The van der Waals surface area contributed by atoms with Crippen molar-refractivity contribution in [1.82, 2.24) is 4.90 Å². The normalized spacial score (nSPS) is 18.0. The van der Waals surface area contributed by atoms with E-state index in [1.165, 1.54) is 0 Å². The number of ether oxygens (including phenoxy) is 2. The van der Waals surface area contributed by atoms with Crippen LogP contribution in [0.25, 0.3) is 0 Å². The molecular weight excluding hydrogens is 286 g/mol. The average Bonchev–Trinajstić information content (AvgIpc) is 2.49. The van der Waals surface area contributed by atoms with Crippen molar-refractivity contribution >= 4 is 11.9 Å². The quantitative estimate of drug-likeness (QED) is 0.858. The third-order valence-electron chi connectivity index (χ3n) is 3.55. The Morgan fingerprint density at radius 3 is 2.73 bits per heavy atom. The topological polar surface area (TPSA) is 76.1 Å². The smallest absolute Gasteiger partial charge is 0.305 e. The molecule has 0 unspecified atom stereocenters. The van der Waals surface area contributed by atoms with Crippen molar-refractivity contribution < 1.29 is 24.2 Å². The number of rotatable bonds is 6. The summed E-state index contributed by atoms with van der Waals surface area (Å²) in [5, 5.41) is 8.93. The Hall–Kier alpha value is -2.08. The fourth-order valence-corrected chi connectivity index (χ4v) is 2.50. The third-order valence-corrected chi connectivity index (χ3v) is 3.55. The Bertz CT molecular complexity index is 514. The minimum absolute atomic E-state index is 0.0706. The lowest BCUT2D eigenvalue weighted by Crippen LogP contribution is -2.50. The van der Waals surface area contributed by atoms with Gasteiger partial charge in [0.25, 0.3) is 0 Å². The van der Waals surface area contributed by atoms with E-state index in [9.17, 15) is 9.59 Å². The van der Waals surface area contributed by atoms with Crippen LogP contribution in [0.3, 0.4) is 0 Å². The number of carbonyl (C=O) groups excluding carboxylic acids is 1. The number of nitrogens with zero attached hydrogens (tertiary/aromatic N) is 1. The highest BCUT2D eigenvalue weighted by Crippen LogP contribution is 2.16. The van der Waals surface area contributed by atoms with Crippen molar-refractivity contribution in [3.05, 3.63) is 29.8 Å². The molecule has 1 N–H and O–H groups in total. The lowest BCUT2D eigenvalue weighted by atomic mass is 10.1. The van der Waals surface area contributed by atoms with Gasteiger partial charge in [0.2, 0.25) is 5.91 Å². The first-order valence-electron chi connectivity index (χ1n) is 7.41. The van der Waals surface area contributed by atoms with Gasteiger partial charge in [0.1, 0.15) is 5.75 Å². The van der Waals surface area contributed by atoms with E-state index in [2.05, 4.69) is 0 Å². The maximum atomic E-state index is 12.4. The summed E-state index contributed by atoms with van der Waals surface area (Å²) in [5.41, 5.74) is 0.883. The highest BCUT2D eigenvalue weighted by molar-refractivity contribution is 5.80. The van der Waals surface area contributed by atoms with Gasteiger partial charge in [0.05, 0.1) is 38.7 Å². The maximum absolute atomic E-state index is 12.4. The first-order valence-corrected chi connectivity index (χ1v) is 7.41. The van der Waals surface area contributed by atoms with Crippen LogP contribution in [0.15, 0.2) is 24.3 Å². The number of morpholine rings is 1. The van der Waals surface area contributed by atoms with Crippen molar-refractivity contribution in [2.45, 2.75) is 25.8 Å². The number of carboxylic acids is 1. The van der Waals surface area contributed by atoms with E-state index in [4.69, 9.17) is 14.6 Å². The zero-order chi connectivity index (χ0) is 15.9. The molecule has 1 fully saturated rings. The van der Waals surface area contributed by atoms with E-state index >= 15 is 0 Å². The van der Waals surface area contributed by atoms with Gasteiger partial charge in [-0.2, -0.15) is 0 Å². The Morgan fingerprint density at radius 1 is 1.36 bits per heavy atom. The zero-order valence-corrected chi connectivity index (χ0v) is 12.7. The van der Waals surface area contributed by atoms with Gasteiger partial charge < -0.3 is 19.5 Å². The fourth-order valence-electron chi connectivity index (χ4n) is 2.50. The van der Waals surface area contributed by atoms with Crippen molar-refractivity contribution in [2.24, 2.45) is 0 Å². The van der Waals surface area contributed by atoms with Gasteiger partial charge in [-0.15, -0.1) is 0 Å². The maximum Gasteiger partial charge on any atom is 0.305 e. The van der Waals surface area contributed by atoms with E-state index in [1.54, 1.807) is 4.90 Å². The number of carboxylic acid groups (broad SMARTS) is 1. The van der Waals surface area contributed by atoms with Gasteiger partial charge in [-0.1, -0.05) is 12.1 Å². The summed E-state index contributed by atoms with van der Waals surface area (Å²) < 4.78 is 10.6. The lowest BCUT2D eigenvalue weighted by Gasteiger charge is -2.35. The Labute approximate surface area is 129 Å². The number of carbonyl (C=O) groups is 2. The average molecular weight is 307 g/mol. The minimum Gasteiger partial charge on any atom is -0.494 e. The van der Waals surface area contributed by atoms with Crippen LogP contribution >= 0.6 is 0 Å². The van der Waals surface area contributed by atoms with Gasteiger partial charge in [-0.25, -0.2) is 0 Å². The second-order valence-electron chi connectivity index (χ2n) is 5.17. The predicted octanol–water partition coefficient (Wildman–Crippen LogP) is 1.33. The summed E-state index contributed by atoms with van der Waals surface area (Å²) in [6, 6.07) is 6.99. The molecule has 0 bridgehead atoms. The third kappa shape index (κ3) is 4.46. The first-order chi connectivity index (χ1) is 10.6. The molecule has 22 heavy (non-hydrogen) atoms. The molecule has 120 valence electrons. The standard InChI is InChI=1S/C16H21NO5/c1-2-22-14-5-3-12(4-6-14)9-15(18)17-7-8-21-11-13(17)10-16(19)20/h3-6,13H,2,7-11H2,1H3,(H,19,20)/t13-/m0/s1. The van der Waals surface area contributed by atoms with Gasteiger partial charge in [-0.3, -0.25) is 9.59 Å². The van der Waals surface area contributed by atoms with E-state index < -0.39 is 5.97 Å². The molecule has 0 radical (unpaired) electrons. The van der Waals surface area contributed by atoms with Gasteiger partial charge in [0, 0.05) is 6.54 Å². The molecule has 2 rings (SSSR count). The van der Waals surface area contributed by atoms with Crippen molar-refractivity contribution in [1.29, 1.82) is 0 Å². The molecule has 0 aliphatic carbocycles. The summed E-state index contributed by atoms with van der Waals surface area (Å²) >= 11 is 0. The highest BCUT2D eigenvalue weighted by atomic mass is 16.5. The van der Waals surface area contributed by atoms with Crippen LogP contribution in [0.2, 0.25) is 0 Å². The van der Waals surface area contributed by atoms with Crippen molar-refractivity contribution in [3.63, 3.8) is 0 Å². The summed E-state index contributed by atoms with van der Waals surface area (Å²) in [6.07, 6.45) is 0.164. The largest absolute Gasteiger partial charge is 0.494 e. The second kappa shape index (κ2) is 7.79. The second-order valence-corrected chi connectivity index (χ2v) is 5.17. The number of hydrogen-bond donors (Lipinski definition) is 1. The molecule has 1 amide bonds. The van der Waals surface area contributed by atoms with Crippen molar-refractivity contribution in [3.8, 4) is 5.75 Å². The van der Waals surface area contributed by atoms with Crippen LogP contribution in [0.4, 0.5) is 0 Å². The van der Waals surface area contributed by atoms with Gasteiger partial charge >= 0.3 is 5.97 Å². The summed E-state index contributed by atoms with van der Waals surface area (Å²) in [5.74, 6) is -0.220. The Morgan fingerprint density at radius 2 is 2.09 bits per heavy atom. The number of amides is 1. The van der Waals surface area contributed by atoms with Crippen LogP contribution < -0.4 is 4.74 Å². The zero-order valence-electron chi connectivity index (χ0n) is 12.7. The molecule has 1 heterocycles. The first kappa shape index (κ1) is 16.3. The molecule has 1 saturated heterocycles. The molecule has 1 aromatic carbocycles. The van der Waals surface area contributed by atoms with E-state index in [-0.39, 0.29) is 31.4 Å². The van der Waals surface area contributed by atoms with Gasteiger partial charge in [-0.05, 0) is 24.6 Å². The van der Waals surface area contributed by atoms with Crippen LogP contribution in [0, 0.1) is 0 Å². The van der Waals surface area contributed by atoms with Crippen LogP contribution in [0.5, 0.6) is 5.75 Å². The van der Waals surface area contributed by atoms with Crippen LogP contribution in [-0.2, 0) is 20.7 Å². The molecule has 1 aliphatic heterocycles. The monoisotopic (exact) mass is 307 g/mol. The van der Waals surface area contributed by atoms with Crippen LogP contribution in [0.1, 0.15) is 18.9 Å². The molecule has 0 saturated carbocycles. The number of aliphatic carboxylic acids is 1. The number of hydrogen-bond acceptors (Lipinski definition) is 4. The molecule has 1 aromatic rings. The Balaban J connectivity index is 1.98. The van der Waals surface area contributed by atoms with Crippen LogP contribution in [-0.4, -0.2) is 54.3 Å². The molecule has 6 heteroatoms. The highest BCUT2D eigenvalue weighted by Gasteiger charge is 2.28. The lowest BCUT2D eigenvalue weighted by molar-refractivity contribution is -0.145. The fraction of sp³-hybridized carbons (Fsp3) is 0.500. The molecule has 0 spiro atoms. The molecule has 0 aromatic heterocycles. The molecule has 6 nitrogen and oxygen atoms in total. The molecule has 1 atom stereocenters.